The maximum Gasteiger partial charge on any atom is 0.270 e. The first kappa shape index (κ1) is 11.6. The highest BCUT2D eigenvalue weighted by molar-refractivity contribution is 5.92. The molecule has 1 aliphatic rings. The van der Waals surface area contributed by atoms with Crippen molar-refractivity contribution in [3.63, 3.8) is 0 Å². The minimum Gasteiger partial charge on any atom is -0.491 e. The number of hydrogen-bond acceptors (Lipinski definition) is 3. The lowest BCUT2D eigenvalue weighted by atomic mass is 10.1. The van der Waals surface area contributed by atoms with Gasteiger partial charge in [0.25, 0.3) is 5.91 Å². The van der Waals surface area contributed by atoms with E-state index in [1.54, 1.807) is 30.5 Å². The third-order valence-corrected chi connectivity index (χ3v) is 2.96. The van der Waals surface area contributed by atoms with Gasteiger partial charge in [0.05, 0.1) is 6.04 Å². The topological polar surface area (TPSA) is 51.2 Å². The molecule has 0 radical (unpaired) electrons. The summed E-state index contributed by atoms with van der Waals surface area (Å²) >= 11 is 0. The molecular weight excluding hydrogens is 247 g/mol. The number of ether oxygens (including phenoxy) is 1. The predicted octanol–water partition coefficient (Wildman–Crippen LogP) is 2.08. The summed E-state index contributed by atoms with van der Waals surface area (Å²) in [6, 6.07) is 9.03. The van der Waals surface area contributed by atoms with Crippen LogP contribution < -0.4 is 10.1 Å². The molecule has 96 valence electrons. The Morgan fingerprint density at radius 2 is 2.26 bits per heavy atom. The molecule has 0 saturated carbocycles. The number of nitrogens with zero attached hydrogens (tertiary/aromatic N) is 1. The van der Waals surface area contributed by atoms with Crippen LogP contribution in [0.15, 0.2) is 42.6 Å². The Kier molecular flexibility index (Phi) is 2.87. The SMILES string of the molecule is O=C(NC1COc2ccc(F)cc21)c1ccccn1. The summed E-state index contributed by atoms with van der Waals surface area (Å²) in [6.07, 6.45) is 1.55. The molecular formula is C14H11FN2O2. The molecule has 0 saturated heterocycles. The van der Waals surface area contributed by atoms with Gasteiger partial charge >= 0.3 is 0 Å². The monoisotopic (exact) mass is 258 g/mol. The lowest BCUT2D eigenvalue weighted by Crippen LogP contribution is -2.30. The summed E-state index contributed by atoms with van der Waals surface area (Å²) in [4.78, 5) is 15.9. The highest BCUT2D eigenvalue weighted by Gasteiger charge is 2.26. The van der Waals surface area contributed by atoms with E-state index in [1.165, 1.54) is 12.1 Å². The lowest BCUT2D eigenvalue weighted by molar-refractivity contribution is 0.0925. The first-order chi connectivity index (χ1) is 9.24. The van der Waals surface area contributed by atoms with Gasteiger partial charge in [0.1, 0.15) is 23.9 Å². The van der Waals surface area contributed by atoms with Crippen LogP contribution in [0.4, 0.5) is 4.39 Å². The van der Waals surface area contributed by atoms with Gasteiger partial charge in [-0.1, -0.05) is 6.07 Å². The van der Waals surface area contributed by atoms with Gasteiger partial charge in [0.2, 0.25) is 0 Å². The second-order valence-corrected chi connectivity index (χ2v) is 4.23. The van der Waals surface area contributed by atoms with E-state index in [1.807, 2.05) is 0 Å². The second kappa shape index (κ2) is 4.68. The van der Waals surface area contributed by atoms with Crippen molar-refractivity contribution < 1.29 is 13.9 Å². The molecule has 1 unspecified atom stereocenters. The molecule has 5 heteroatoms. The van der Waals surface area contributed by atoms with Gasteiger partial charge in [-0.3, -0.25) is 9.78 Å². The van der Waals surface area contributed by atoms with Crippen LogP contribution in [0.25, 0.3) is 0 Å². The van der Waals surface area contributed by atoms with Crippen molar-refractivity contribution in [2.24, 2.45) is 0 Å². The van der Waals surface area contributed by atoms with E-state index >= 15 is 0 Å². The van der Waals surface area contributed by atoms with Crippen molar-refractivity contribution in [1.29, 1.82) is 0 Å². The number of rotatable bonds is 2. The Morgan fingerprint density at radius 3 is 3.05 bits per heavy atom. The first-order valence-corrected chi connectivity index (χ1v) is 5.88. The number of carbonyl (C=O) groups is 1. The van der Waals surface area contributed by atoms with Gasteiger partial charge in [-0.2, -0.15) is 0 Å². The fourth-order valence-electron chi connectivity index (χ4n) is 2.03. The predicted molar refractivity (Wildman–Crippen MR) is 66.3 cm³/mol. The van der Waals surface area contributed by atoms with Crippen molar-refractivity contribution in [3.05, 3.63) is 59.7 Å². The van der Waals surface area contributed by atoms with Crippen molar-refractivity contribution in [2.75, 3.05) is 6.61 Å². The van der Waals surface area contributed by atoms with E-state index < -0.39 is 0 Å². The summed E-state index contributed by atoms with van der Waals surface area (Å²) in [7, 11) is 0. The second-order valence-electron chi connectivity index (χ2n) is 4.23. The van der Waals surface area contributed by atoms with Crippen molar-refractivity contribution in [1.82, 2.24) is 10.3 Å². The molecule has 1 aromatic carbocycles. The smallest absolute Gasteiger partial charge is 0.270 e. The highest BCUT2D eigenvalue weighted by atomic mass is 19.1. The molecule has 2 aromatic rings. The average molecular weight is 258 g/mol. The van der Waals surface area contributed by atoms with Gasteiger partial charge < -0.3 is 10.1 Å². The van der Waals surface area contributed by atoms with E-state index in [0.29, 0.717) is 23.6 Å². The number of fused-ring (bicyclic) bond motifs is 1. The summed E-state index contributed by atoms with van der Waals surface area (Å²) in [6.45, 7) is 0.303. The molecule has 19 heavy (non-hydrogen) atoms. The number of nitrogens with one attached hydrogen (secondary N) is 1. The van der Waals surface area contributed by atoms with E-state index in [-0.39, 0.29) is 17.8 Å². The molecule has 1 atom stereocenters. The molecule has 1 aliphatic heterocycles. The Balaban J connectivity index is 1.80. The molecule has 0 spiro atoms. The van der Waals surface area contributed by atoms with Crippen molar-refractivity contribution in [2.45, 2.75) is 6.04 Å². The largest absolute Gasteiger partial charge is 0.491 e. The Hall–Kier alpha value is -2.43. The van der Waals surface area contributed by atoms with Crippen molar-refractivity contribution >= 4 is 5.91 Å². The van der Waals surface area contributed by atoms with Crippen LogP contribution in [0, 0.1) is 5.82 Å². The fraction of sp³-hybridized carbons (Fsp3) is 0.143. The number of carbonyl (C=O) groups excluding carboxylic acids is 1. The molecule has 1 aromatic heterocycles. The number of pyridine rings is 1. The summed E-state index contributed by atoms with van der Waals surface area (Å²) in [5.74, 6) is -0.0413. The van der Waals surface area contributed by atoms with Gasteiger partial charge in [-0.15, -0.1) is 0 Å². The lowest BCUT2D eigenvalue weighted by Gasteiger charge is -2.11. The average Bonchev–Trinajstić information content (AvgIpc) is 2.82. The standard InChI is InChI=1S/C14H11FN2O2/c15-9-4-5-13-10(7-9)12(8-19-13)17-14(18)11-3-1-2-6-16-11/h1-7,12H,8H2,(H,17,18). The maximum absolute atomic E-state index is 13.2. The van der Waals surface area contributed by atoms with Crippen LogP contribution in [-0.2, 0) is 0 Å². The van der Waals surface area contributed by atoms with Crippen LogP contribution in [0.3, 0.4) is 0 Å². The summed E-state index contributed by atoms with van der Waals surface area (Å²) < 4.78 is 18.6. The van der Waals surface area contributed by atoms with Crippen LogP contribution >= 0.6 is 0 Å². The van der Waals surface area contributed by atoms with E-state index in [4.69, 9.17) is 4.74 Å². The normalized spacial score (nSPS) is 16.6. The van der Waals surface area contributed by atoms with Crippen molar-refractivity contribution in [3.8, 4) is 5.75 Å². The molecule has 2 heterocycles. The molecule has 1 N–H and O–H groups in total. The first-order valence-electron chi connectivity index (χ1n) is 5.88. The summed E-state index contributed by atoms with van der Waals surface area (Å²) in [5.41, 5.74) is 0.983. The molecule has 3 rings (SSSR count). The Bertz CT molecular complexity index is 616. The molecule has 4 nitrogen and oxygen atoms in total. The third-order valence-electron chi connectivity index (χ3n) is 2.96. The molecule has 1 amide bonds. The van der Waals surface area contributed by atoms with Gasteiger partial charge in [-0.25, -0.2) is 4.39 Å². The fourth-order valence-corrected chi connectivity index (χ4v) is 2.03. The van der Waals surface area contributed by atoms with Crippen LogP contribution in [0.2, 0.25) is 0 Å². The van der Waals surface area contributed by atoms with Gasteiger partial charge in [0, 0.05) is 11.8 Å². The zero-order valence-electron chi connectivity index (χ0n) is 9.97. The molecule has 0 fully saturated rings. The maximum atomic E-state index is 13.2. The van der Waals surface area contributed by atoms with Crippen LogP contribution in [0.1, 0.15) is 22.1 Å². The Labute approximate surface area is 109 Å². The zero-order chi connectivity index (χ0) is 13.2. The van der Waals surface area contributed by atoms with E-state index in [9.17, 15) is 9.18 Å². The quantitative estimate of drug-likeness (QED) is 0.897. The van der Waals surface area contributed by atoms with Gasteiger partial charge in [-0.05, 0) is 30.3 Å². The number of benzene rings is 1. The van der Waals surface area contributed by atoms with Crippen LogP contribution in [0.5, 0.6) is 5.75 Å². The zero-order valence-corrected chi connectivity index (χ0v) is 9.97. The number of amides is 1. The van der Waals surface area contributed by atoms with E-state index in [2.05, 4.69) is 10.3 Å². The molecule has 0 aliphatic carbocycles. The molecule has 0 bridgehead atoms. The van der Waals surface area contributed by atoms with E-state index in [0.717, 1.165) is 0 Å². The Morgan fingerprint density at radius 1 is 1.37 bits per heavy atom. The van der Waals surface area contributed by atoms with Crippen LogP contribution in [-0.4, -0.2) is 17.5 Å². The van der Waals surface area contributed by atoms with Gasteiger partial charge in [0.15, 0.2) is 0 Å². The number of hydrogen-bond donors (Lipinski definition) is 1. The summed E-state index contributed by atoms with van der Waals surface area (Å²) in [5, 5.41) is 2.79. The third kappa shape index (κ3) is 2.27. The highest BCUT2D eigenvalue weighted by Crippen LogP contribution is 2.32. The number of halogens is 1. The minimum atomic E-state index is -0.347. The number of aromatic nitrogens is 1. The minimum absolute atomic E-state index is 0.300.